The summed E-state index contributed by atoms with van der Waals surface area (Å²) < 4.78 is 0. The first-order valence-corrected chi connectivity index (χ1v) is 5.73. The van der Waals surface area contributed by atoms with Crippen molar-refractivity contribution in [3.05, 3.63) is 0 Å². The lowest BCUT2D eigenvalue weighted by atomic mass is 9.99. The van der Waals surface area contributed by atoms with Gasteiger partial charge in [-0.25, -0.2) is 0 Å². The molecule has 3 atom stereocenters. The van der Waals surface area contributed by atoms with E-state index in [4.69, 9.17) is 0 Å². The lowest BCUT2D eigenvalue weighted by molar-refractivity contribution is -0.131. The van der Waals surface area contributed by atoms with Crippen LogP contribution in [0.25, 0.3) is 0 Å². The molecule has 80 valence electrons. The molecule has 2 fully saturated rings. The summed E-state index contributed by atoms with van der Waals surface area (Å²) in [6.07, 6.45) is 3.71. The second kappa shape index (κ2) is 3.54. The molecule has 2 rings (SSSR count). The van der Waals surface area contributed by atoms with Crippen molar-refractivity contribution < 1.29 is 4.79 Å². The molecule has 1 aliphatic carbocycles. The lowest BCUT2D eigenvalue weighted by Crippen LogP contribution is -2.36. The molecule has 1 saturated carbocycles. The molecule has 0 bridgehead atoms. The smallest absolute Gasteiger partial charge is 0.241 e. The summed E-state index contributed by atoms with van der Waals surface area (Å²) in [6.45, 7) is 6.39. The first-order valence-electron chi connectivity index (χ1n) is 5.73. The van der Waals surface area contributed by atoms with Gasteiger partial charge in [0.1, 0.15) is 0 Å². The van der Waals surface area contributed by atoms with Gasteiger partial charge in [-0.3, -0.25) is 10.1 Å². The van der Waals surface area contributed by atoms with Gasteiger partial charge in [0, 0.05) is 6.04 Å². The molecule has 14 heavy (non-hydrogen) atoms. The van der Waals surface area contributed by atoms with Crippen LogP contribution >= 0.6 is 0 Å². The molecule has 0 radical (unpaired) electrons. The third-order valence-electron chi connectivity index (χ3n) is 3.51. The van der Waals surface area contributed by atoms with Gasteiger partial charge in [-0.05, 0) is 25.7 Å². The van der Waals surface area contributed by atoms with Gasteiger partial charge in [0.2, 0.25) is 5.91 Å². The highest BCUT2D eigenvalue weighted by molar-refractivity contribution is 5.85. The quantitative estimate of drug-likeness (QED) is 0.739. The van der Waals surface area contributed by atoms with Crippen molar-refractivity contribution in [1.29, 1.82) is 0 Å². The van der Waals surface area contributed by atoms with E-state index in [1.54, 1.807) is 0 Å². The molecule has 0 aromatic rings. The molecule has 0 aromatic heterocycles. The van der Waals surface area contributed by atoms with Crippen molar-refractivity contribution in [1.82, 2.24) is 10.2 Å². The molecule has 3 nitrogen and oxygen atoms in total. The number of hydrogen-bond donors (Lipinski definition) is 1. The maximum atomic E-state index is 12.1. The Bertz CT molecular complexity index is 237. The Morgan fingerprint density at radius 2 is 2.21 bits per heavy atom. The van der Waals surface area contributed by atoms with E-state index in [1.807, 2.05) is 0 Å². The summed E-state index contributed by atoms with van der Waals surface area (Å²) in [5.41, 5.74) is 0. The van der Waals surface area contributed by atoms with Crippen molar-refractivity contribution in [3.8, 4) is 0 Å². The standard InChI is InChI=1S/C11H20N2O/c1-4-7(2)10-11(14)13(8(3)12-10)9-5-6-9/h7-10,12H,4-6H2,1-3H3. The van der Waals surface area contributed by atoms with Gasteiger partial charge in [0.05, 0.1) is 12.2 Å². The van der Waals surface area contributed by atoms with Crippen LogP contribution in [0.2, 0.25) is 0 Å². The van der Waals surface area contributed by atoms with E-state index in [1.165, 1.54) is 12.8 Å². The molecular weight excluding hydrogens is 176 g/mol. The third kappa shape index (κ3) is 1.54. The highest BCUT2D eigenvalue weighted by atomic mass is 16.2. The Labute approximate surface area is 85.8 Å². The van der Waals surface area contributed by atoms with Crippen LogP contribution in [0.1, 0.15) is 40.0 Å². The molecule has 1 aliphatic heterocycles. The second-order valence-electron chi connectivity index (χ2n) is 4.68. The molecule has 0 aromatic carbocycles. The number of nitrogens with one attached hydrogen (secondary N) is 1. The molecule has 3 heteroatoms. The average Bonchev–Trinajstić information content (AvgIpc) is 2.93. The van der Waals surface area contributed by atoms with Crippen molar-refractivity contribution in [2.24, 2.45) is 5.92 Å². The van der Waals surface area contributed by atoms with Gasteiger partial charge in [-0.2, -0.15) is 0 Å². The Morgan fingerprint density at radius 1 is 1.57 bits per heavy atom. The lowest BCUT2D eigenvalue weighted by Gasteiger charge is -2.20. The summed E-state index contributed by atoms with van der Waals surface area (Å²) in [5.74, 6) is 0.781. The third-order valence-corrected chi connectivity index (χ3v) is 3.51. The van der Waals surface area contributed by atoms with E-state index < -0.39 is 0 Å². The maximum absolute atomic E-state index is 12.1. The summed E-state index contributed by atoms with van der Waals surface area (Å²) in [4.78, 5) is 14.1. The van der Waals surface area contributed by atoms with Gasteiger partial charge in [-0.1, -0.05) is 20.3 Å². The first-order chi connectivity index (χ1) is 6.65. The van der Waals surface area contributed by atoms with Crippen molar-refractivity contribution in [2.45, 2.75) is 58.3 Å². The maximum Gasteiger partial charge on any atom is 0.241 e. The highest BCUT2D eigenvalue weighted by Crippen LogP contribution is 2.32. The molecule has 1 heterocycles. The van der Waals surface area contributed by atoms with E-state index in [2.05, 4.69) is 31.0 Å². The van der Waals surface area contributed by atoms with Crippen molar-refractivity contribution in [2.75, 3.05) is 0 Å². The van der Waals surface area contributed by atoms with E-state index in [9.17, 15) is 4.79 Å². The van der Waals surface area contributed by atoms with Crippen LogP contribution in [0, 0.1) is 5.92 Å². The number of rotatable bonds is 3. The summed E-state index contributed by atoms with van der Waals surface area (Å²) in [5, 5.41) is 3.40. The van der Waals surface area contributed by atoms with Gasteiger partial charge < -0.3 is 4.90 Å². The number of amides is 1. The molecule has 2 aliphatic rings. The van der Waals surface area contributed by atoms with E-state index in [0.29, 0.717) is 17.9 Å². The molecule has 1 saturated heterocycles. The topological polar surface area (TPSA) is 32.3 Å². The summed E-state index contributed by atoms with van der Waals surface area (Å²) >= 11 is 0. The van der Waals surface area contributed by atoms with Crippen LogP contribution in [0.15, 0.2) is 0 Å². The Balaban J connectivity index is 2.06. The zero-order valence-corrected chi connectivity index (χ0v) is 9.29. The van der Waals surface area contributed by atoms with Crippen LogP contribution in [0.3, 0.4) is 0 Å². The minimum absolute atomic E-state index is 0.0654. The summed E-state index contributed by atoms with van der Waals surface area (Å²) in [6, 6.07) is 0.606. The Morgan fingerprint density at radius 3 is 2.71 bits per heavy atom. The van der Waals surface area contributed by atoms with Gasteiger partial charge in [0.15, 0.2) is 0 Å². The Hall–Kier alpha value is -0.570. The Kier molecular flexibility index (Phi) is 2.52. The fourth-order valence-electron chi connectivity index (χ4n) is 2.26. The van der Waals surface area contributed by atoms with Crippen molar-refractivity contribution in [3.63, 3.8) is 0 Å². The largest absolute Gasteiger partial charge is 0.323 e. The van der Waals surface area contributed by atoms with Crippen LogP contribution in [0.5, 0.6) is 0 Å². The summed E-state index contributed by atoms with van der Waals surface area (Å²) in [7, 11) is 0. The van der Waals surface area contributed by atoms with E-state index >= 15 is 0 Å². The normalized spacial score (nSPS) is 35.1. The van der Waals surface area contributed by atoms with Crippen LogP contribution in [0.4, 0.5) is 0 Å². The fraction of sp³-hybridized carbons (Fsp3) is 0.909. The minimum atomic E-state index is 0.0654. The highest BCUT2D eigenvalue weighted by Gasteiger charge is 2.45. The number of nitrogens with zero attached hydrogens (tertiary/aromatic N) is 1. The van der Waals surface area contributed by atoms with Crippen LogP contribution in [-0.2, 0) is 4.79 Å². The molecule has 1 N–H and O–H groups in total. The number of carbonyl (C=O) groups excluding carboxylic acids is 1. The monoisotopic (exact) mass is 196 g/mol. The number of hydrogen-bond acceptors (Lipinski definition) is 2. The predicted octanol–water partition coefficient (Wildman–Crippen LogP) is 1.34. The number of carbonyl (C=O) groups is 1. The molecule has 1 amide bonds. The van der Waals surface area contributed by atoms with E-state index in [-0.39, 0.29) is 12.2 Å². The fourth-order valence-corrected chi connectivity index (χ4v) is 2.26. The van der Waals surface area contributed by atoms with E-state index in [0.717, 1.165) is 6.42 Å². The van der Waals surface area contributed by atoms with Gasteiger partial charge in [0.25, 0.3) is 0 Å². The molecule has 0 spiro atoms. The van der Waals surface area contributed by atoms with Crippen LogP contribution < -0.4 is 5.32 Å². The average molecular weight is 196 g/mol. The molecule has 3 unspecified atom stereocenters. The van der Waals surface area contributed by atoms with Gasteiger partial charge in [-0.15, -0.1) is 0 Å². The minimum Gasteiger partial charge on any atom is -0.323 e. The zero-order valence-electron chi connectivity index (χ0n) is 9.29. The van der Waals surface area contributed by atoms with Crippen molar-refractivity contribution >= 4 is 5.91 Å². The predicted molar refractivity (Wildman–Crippen MR) is 55.7 cm³/mol. The second-order valence-corrected chi connectivity index (χ2v) is 4.68. The first kappa shape index (κ1) is 9.97. The molecular formula is C11H20N2O. The van der Waals surface area contributed by atoms with Gasteiger partial charge >= 0.3 is 0 Å². The SMILES string of the molecule is CCC(C)C1NC(C)N(C2CC2)C1=O. The zero-order chi connectivity index (χ0) is 10.3. The van der Waals surface area contributed by atoms with Crippen LogP contribution in [-0.4, -0.2) is 29.1 Å².